The SMILES string of the molecule is CCN(c1ccc(F)cc1)c1cc(C)c(N)c(C(=O)O)c1. The summed E-state index contributed by atoms with van der Waals surface area (Å²) >= 11 is 0. The smallest absolute Gasteiger partial charge is 0.337 e. The van der Waals surface area contributed by atoms with Crippen molar-refractivity contribution in [2.45, 2.75) is 13.8 Å². The van der Waals surface area contributed by atoms with E-state index in [1.807, 2.05) is 17.9 Å². The number of carboxylic acids is 1. The number of aryl methyl sites for hydroxylation is 1. The van der Waals surface area contributed by atoms with E-state index in [1.165, 1.54) is 18.2 Å². The molecule has 0 fully saturated rings. The molecule has 21 heavy (non-hydrogen) atoms. The van der Waals surface area contributed by atoms with Gasteiger partial charge in [-0.1, -0.05) is 0 Å². The predicted molar refractivity (Wildman–Crippen MR) is 81.6 cm³/mol. The summed E-state index contributed by atoms with van der Waals surface area (Å²) in [6.07, 6.45) is 0. The number of aromatic carboxylic acids is 1. The van der Waals surface area contributed by atoms with Gasteiger partial charge in [0.15, 0.2) is 0 Å². The van der Waals surface area contributed by atoms with Gasteiger partial charge in [0.1, 0.15) is 5.82 Å². The first-order valence-corrected chi connectivity index (χ1v) is 6.60. The summed E-state index contributed by atoms with van der Waals surface area (Å²) in [4.78, 5) is 13.2. The quantitative estimate of drug-likeness (QED) is 0.844. The Morgan fingerprint density at radius 1 is 1.24 bits per heavy atom. The zero-order valence-corrected chi connectivity index (χ0v) is 11.9. The summed E-state index contributed by atoms with van der Waals surface area (Å²) < 4.78 is 13.0. The van der Waals surface area contributed by atoms with Crippen molar-refractivity contribution in [1.29, 1.82) is 0 Å². The molecule has 0 radical (unpaired) electrons. The first kappa shape index (κ1) is 14.8. The van der Waals surface area contributed by atoms with Crippen molar-refractivity contribution in [3.05, 3.63) is 53.3 Å². The van der Waals surface area contributed by atoms with Crippen molar-refractivity contribution in [3.63, 3.8) is 0 Å². The Bertz CT molecular complexity index is 669. The molecule has 0 aliphatic carbocycles. The average molecular weight is 288 g/mol. The zero-order valence-electron chi connectivity index (χ0n) is 11.9. The highest BCUT2D eigenvalue weighted by Gasteiger charge is 2.15. The van der Waals surface area contributed by atoms with E-state index in [9.17, 15) is 14.3 Å². The number of benzene rings is 2. The highest BCUT2D eigenvalue weighted by Crippen LogP contribution is 2.30. The Kier molecular flexibility index (Phi) is 4.12. The number of carbonyl (C=O) groups is 1. The largest absolute Gasteiger partial charge is 0.478 e. The molecular weight excluding hydrogens is 271 g/mol. The Hall–Kier alpha value is -2.56. The number of nitrogens with two attached hydrogens (primary N) is 1. The van der Waals surface area contributed by atoms with E-state index < -0.39 is 5.97 Å². The maximum Gasteiger partial charge on any atom is 0.337 e. The molecule has 0 spiro atoms. The van der Waals surface area contributed by atoms with Crippen LogP contribution in [0.25, 0.3) is 0 Å². The monoisotopic (exact) mass is 288 g/mol. The van der Waals surface area contributed by atoms with Crippen LogP contribution in [0, 0.1) is 12.7 Å². The van der Waals surface area contributed by atoms with Crippen LogP contribution in [0.3, 0.4) is 0 Å². The molecule has 0 bridgehead atoms. The minimum Gasteiger partial charge on any atom is -0.478 e. The van der Waals surface area contributed by atoms with Gasteiger partial charge in [-0.2, -0.15) is 0 Å². The van der Waals surface area contributed by atoms with E-state index in [0.717, 1.165) is 5.69 Å². The van der Waals surface area contributed by atoms with E-state index in [-0.39, 0.29) is 17.1 Å². The maximum atomic E-state index is 13.0. The van der Waals surface area contributed by atoms with Crippen molar-refractivity contribution in [2.75, 3.05) is 17.2 Å². The van der Waals surface area contributed by atoms with Crippen LogP contribution in [-0.2, 0) is 0 Å². The van der Waals surface area contributed by atoms with Crippen LogP contribution in [0.4, 0.5) is 21.5 Å². The molecule has 0 heterocycles. The Balaban J connectivity index is 2.52. The van der Waals surface area contributed by atoms with Gasteiger partial charge in [0.05, 0.1) is 5.56 Å². The fourth-order valence-corrected chi connectivity index (χ4v) is 2.25. The van der Waals surface area contributed by atoms with Crippen molar-refractivity contribution < 1.29 is 14.3 Å². The molecule has 2 rings (SSSR count). The topological polar surface area (TPSA) is 66.6 Å². The van der Waals surface area contributed by atoms with Crippen molar-refractivity contribution >= 4 is 23.0 Å². The number of hydrogen-bond donors (Lipinski definition) is 2. The van der Waals surface area contributed by atoms with Gasteiger partial charge < -0.3 is 15.7 Å². The van der Waals surface area contributed by atoms with Crippen molar-refractivity contribution in [3.8, 4) is 0 Å². The van der Waals surface area contributed by atoms with Crippen LogP contribution < -0.4 is 10.6 Å². The summed E-state index contributed by atoms with van der Waals surface area (Å²) in [5.74, 6) is -1.37. The van der Waals surface area contributed by atoms with Crippen LogP contribution in [0.15, 0.2) is 36.4 Å². The molecule has 4 nitrogen and oxygen atoms in total. The molecule has 2 aromatic rings. The lowest BCUT2D eigenvalue weighted by molar-refractivity contribution is 0.0698. The summed E-state index contributed by atoms with van der Waals surface area (Å²) in [5, 5.41) is 9.23. The van der Waals surface area contributed by atoms with Gasteiger partial charge in [-0.15, -0.1) is 0 Å². The normalized spacial score (nSPS) is 10.4. The van der Waals surface area contributed by atoms with E-state index >= 15 is 0 Å². The number of anilines is 3. The van der Waals surface area contributed by atoms with E-state index in [1.54, 1.807) is 19.1 Å². The van der Waals surface area contributed by atoms with Crippen LogP contribution in [0.1, 0.15) is 22.8 Å². The molecule has 110 valence electrons. The standard InChI is InChI=1S/C16H17FN2O2/c1-3-19(12-6-4-11(17)5-7-12)13-8-10(2)15(18)14(9-13)16(20)21/h4-9H,3,18H2,1-2H3,(H,20,21). The molecule has 5 heteroatoms. The molecular formula is C16H17FN2O2. The molecule has 0 amide bonds. The third-order valence-electron chi connectivity index (χ3n) is 3.37. The molecule has 0 atom stereocenters. The second-order valence-electron chi connectivity index (χ2n) is 4.75. The molecule has 0 aromatic heterocycles. The fraction of sp³-hybridized carbons (Fsp3) is 0.188. The van der Waals surface area contributed by atoms with Gasteiger partial charge in [-0.3, -0.25) is 0 Å². The minimum absolute atomic E-state index is 0.0746. The van der Waals surface area contributed by atoms with Crippen molar-refractivity contribution in [1.82, 2.24) is 0 Å². The molecule has 0 aliphatic rings. The van der Waals surface area contributed by atoms with Gasteiger partial charge in [0, 0.05) is 23.6 Å². The highest BCUT2D eigenvalue weighted by molar-refractivity contribution is 5.96. The number of halogens is 1. The molecule has 0 saturated heterocycles. The van der Waals surface area contributed by atoms with Crippen LogP contribution in [0.5, 0.6) is 0 Å². The number of carboxylic acid groups (broad SMARTS) is 1. The number of nitrogens with zero attached hydrogens (tertiary/aromatic N) is 1. The third kappa shape index (κ3) is 2.97. The number of rotatable bonds is 4. The molecule has 0 unspecified atom stereocenters. The average Bonchev–Trinajstić information content (AvgIpc) is 2.45. The summed E-state index contributed by atoms with van der Waals surface area (Å²) in [6, 6.07) is 9.43. The number of hydrogen-bond acceptors (Lipinski definition) is 3. The van der Waals surface area contributed by atoms with Crippen LogP contribution in [-0.4, -0.2) is 17.6 Å². The second kappa shape index (κ2) is 5.83. The maximum absolute atomic E-state index is 13.0. The molecule has 0 aliphatic heterocycles. The summed E-state index contributed by atoms with van der Waals surface area (Å²) in [7, 11) is 0. The predicted octanol–water partition coefficient (Wildman–Crippen LogP) is 3.57. The molecule has 2 aromatic carbocycles. The third-order valence-corrected chi connectivity index (χ3v) is 3.37. The van der Waals surface area contributed by atoms with E-state index in [4.69, 9.17) is 5.73 Å². The Labute approximate surface area is 122 Å². The van der Waals surface area contributed by atoms with Gasteiger partial charge in [-0.05, 0) is 55.8 Å². The van der Waals surface area contributed by atoms with Gasteiger partial charge >= 0.3 is 5.97 Å². The lowest BCUT2D eigenvalue weighted by Crippen LogP contribution is -2.17. The lowest BCUT2D eigenvalue weighted by Gasteiger charge is -2.24. The van der Waals surface area contributed by atoms with Crippen LogP contribution in [0.2, 0.25) is 0 Å². The summed E-state index contributed by atoms with van der Waals surface area (Å²) in [6.45, 7) is 4.33. The lowest BCUT2D eigenvalue weighted by atomic mass is 10.1. The van der Waals surface area contributed by atoms with Crippen molar-refractivity contribution in [2.24, 2.45) is 0 Å². The fourth-order valence-electron chi connectivity index (χ4n) is 2.25. The first-order valence-electron chi connectivity index (χ1n) is 6.60. The second-order valence-corrected chi connectivity index (χ2v) is 4.75. The van der Waals surface area contributed by atoms with Crippen LogP contribution >= 0.6 is 0 Å². The zero-order chi connectivity index (χ0) is 15.6. The minimum atomic E-state index is -1.06. The van der Waals surface area contributed by atoms with Gasteiger partial charge in [0.25, 0.3) is 0 Å². The van der Waals surface area contributed by atoms with Gasteiger partial charge in [0.2, 0.25) is 0 Å². The summed E-state index contributed by atoms with van der Waals surface area (Å²) in [5.41, 5.74) is 8.35. The highest BCUT2D eigenvalue weighted by atomic mass is 19.1. The molecule has 0 saturated carbocycles. The van der Waals surface area contributed by atoms with E-state index in [0.29, 0.717) is 17.8 Å². The Morgan fingerprint density at radius 3 is 2.38 bits per heavy atom. The number of nitrogen functional groups attached to an aromatic ring is 1. The van der Waals surface area contributed by atoms with Gasteiger partial charge in [-0.25, -0.2) is 9.18 Å². The van der Waals surface area contributed by atoms with E-state index in [2.05, 4.69) is 0 Å². The first-order chi connectivity index (χ1) is 9.93. The molecule has 3 N–H and O–H groups in total. The Morgan fingerprint density at radius 2 is 1.86 bits per heavy atom.